The number of hydrogen-bond donors (Lipinski definition) is 0. The van der Waals surface area contributed by atoms with Gasteiger partial charge in [0.1, 0.15) is 5.82 Å². The third kappa shape index (κ3) is 2.33. The Hall–Kier alpha value is -1.13. The monoisotopic (exact) mass is 243 g/mol. The van der Waals surface area contributed by atoms with Crippen LogP contribution in [0.25, 0.3) is 0 Å². The zero-order valence-corrected chi connectivity index (χ0v) is 9.34. The van der Waals surface area contributed by atoms with Crippen LogP contribution in [0.2, 0.25) is 5.02 Å². The number of nitrogens with zero attached hydrogens (tertiary/aromatic N) is 1. The lowest BCUT2D eigenvalue weighted by molar-refractivity contribution is -0.144. The first-order valence-corrected chi connectivity index (χ1v) is 5.46. The molecule has 0 spiro atoms. The zero-order valence-electron chi connectivity index (χ0n) is 8.58. The normalized spacial score (nSPS) is 16.2. The van der Waals surface area contributed by atoms with Crippen LogP contribution >= 0.6 is 11.6 Å². The molecule has 3 nitrogen and oxygen atoms in total. The van der Waals surface area contributed by atoms with Crippen molar-refractivity contribution in [3.8, 4) is 0 Å². The minimum Gasteiger partial charge on any atom is -0.271 e. The predicted octanol–water partition coefficient (Wildman–Crippen LogP) is 2.65. The lowest BCUT2D eigenvalue weighted by atomic mass is 10.2. The van der Waals surface area contributed by atoms with E-state index in [1.54, 1.807) is 0 Å². The van der Waals surface area contributed by atoms with Crippen molar-refractivity contribution in [3.05, 3.63) is 34.6 Å². The van der Waals surface area contributed by atoms with Gasteiger partial charge in [0.2, 0.25) is 0 Å². The van der Waals surface area contributed by atoms with E-state index in [2.05, 4.69) is 0 Å². The van der Waals surface area contributed by atoms with Crippen molar-refractivity contribution in [1.82, 2.24) is 5.06 Å². The predicted molar refractivity (Wildman–Crippen MR) is 57.6 cm³/mol. The van der Waals surface area contributed by atoms with Gasteiger partial charge in [0.05, 0.1) is 12.2 Å². The summed E-state index contributed by atoms with van der Waals surface area (Å²) in [6.45, 7) is 1.00. The molecule has 86 valence electrons. The number of benzene rings is 1. The Bertz CT molecular complexity index is 405. The minimum absolute atomic E-state index is 0.00806. The average Bonchev–Trinajstić information content (AvgIpc) is 2.29. The van der Waals surface area contributed by atoms with Gasteiger partial charge in [-0.3, -0.25) is 9.63 Å². The summed E-state index contributed by atoms with van der Waals surface area (Å²) >= 11 is 5.61. The number of carbonyl (C=O) groups excluding carboxylic acids is 1. The molecule has 1 aromatic rings. The molecule has 0 N–H and O–H groups in total. The van der Waals surface area contributed by atoms with E-state index in [4.69, 9.17) is 16.4 Å². The number of amides is 1. The molecule has 0 unspecified atom stereocenters. The van der Waals surface area contributed by atoms with Gasteiger partial charge in [0.15, 0.2) is 0 Å². The van der Waals surface area contributed by atoms with Crippen LogP contribution in [0.15, 0.2) is 18.2 Å². The third-order valence-electron chi connectivity index (χ3n) is 2.39. The SMILES string of the molecule is O=C(c1ccc(Cl)cc1F)N1CCCCO1. The fourth-order valence-electron chi connectivity index (χ4n) is 1.55. The fraction of sp³-hybridized carbons (Fsp3) is 0.364. The summed E-state index contributed by atoms with van der Waals surface area (Å²) in [5, 5.41) is 1.48. The molecule has 0 atom stereocenters. The summed E-state index contributed by atoms with van der Waals surface area (Å²) in [5.74, 6) is -1.07. The Kier molecular flexibility index (Phi) is 3.41. The summed E-state index contributed by atoms with van der Waals surface area (Å²) in [4.78, 5) is 17.0. The summed E-state index contributed by atoms with van der Waals surface area (Å²) in [6.07, 6.45) is 1.80. The summed E-state index contributed by atoms with van der Waals surface area (Å²) in [6, 6.07) is 3.98. The maximum absolute atomic E-state index is 13.5. The molecule has 0 bridgehead atoms. The molecule has 2 rings (SSSR count). The highest BCUT2D eigenvalue weighted by Crippen LogP contribution is 2.18. The van der Waals surface area contributed by atoms with Crippen LogP contribution < -0.4 is 0 Å². The van der Waals surface area contributed by atoms with Gasteiger partial charge in [0.25, 0.3) is 5.91 Å². The highest BCUT2D eigenvalue weighted by Gasteiger charge is 2.22. The highest BCUT2D eigenvalue weighted by molar-refractivity contribution is 6.30. The Morgan fingerprint density at radius 2 is 2.25 bits per heavy atom. The molecule has 0 radical (unpaired) electrons. The van der Waals surface area contributed by atoms with Crippen molar-refractivity contribution >= 4 is 17.5 Å². The molecule has 1 fully saturated rings. The molecule has 1 amide bonds. The van der Waals surface area contributed by atoms with E-state index in [0.29, 0.717) is 13.2 Å². The van der Waals surface area contributed by atoms with Crippen LogP contribution in [0.3, 0.4) is 0 Å². The third-order valence-corrected chi connectivity index (χ3v) is 2.63. The van der Waals surface area contributed by atoms with Gasteiger partial charge < -0.3 is 0 Å². The number of halogens is 2. The summed E-state index contributed by atoms with van der Waals surface area (Å²) < 4.78 is 13.5. The number of carbonyl (C=O) groups is 1. The van der Waals surface area contributed by atoms with Gasteiger partial charge in [-0.2, -0.15) is 0 Å². The molecule has 1 heterocycles. The first kappa shape index (κ1) is 11.4. The van der Waals surface area contributed by atoms with Crippen LogP contribution in [-0.2, 0) is 4.84 Å². The molecule has 5 heteroatoms. The standard InChI is InChI=1S/C11H11ClFNO2/c12-8-3-4-9(10(13)7-8)11(15)14-5-1-2-6-16-14/h3-4,7H,1-2,5-6H2. The maximum Gasteiger partial charge on any atom is 0.280 e. The van der Waals surface area contributed by atoms with E-state index in [1.165, 1.54) is 17.2 Å². The largest absolute Gasteiger partial charge is 0.280 e. The molecule has 16 heavy (non-hydrogen) atoms. The van der Waals surface area contributed by atoms with E-state index in [-0.39, 0.29) is 10.6 Å². The second-order valence-electron chi connectivity index (χ2n) is 3.57. The van der Waals surface area contributed by atoms with Crippen molar-refractivity contribution < 1.29 is 14.0 Å². The molecule has 1 saturated heterocycles. The molecular weight excluding hydrogens is 233 g/mol. The van der Waals surface area contributed by atoms with Crippen LogP contribution in [0, 0.1) is 5.82 Å². The quantitative estimate of drug-likeness (QED) is 0.759. The van der Waals surface area contributed by atoms with E-state index >= 15 is 0 Å². The molecule has 1 aromatic carbocycles. The van der Waals surface area contributed by atoms with Crippen LogP contribution in [-0.4, -0.2) is 24.1 Å². The molecule has 0 aliphatic carbocycles. The second kappa shape index (κ2) is 4.80. The smallest absolute Gasteiger partial charge is 0.271 e. The zero-order chi connectivity index (χ0) is 11.5. The van der Waals surface area contributed by atoms with E-state index in [0.717, 1.165) is 18.9 Å². The Morgan fingerprint density at radius 1 is 1.44 bits per heavy atom. The molecule has 1 aliphatic heterocycles. The fourth-order valence-corrected chi connectivity index (χ4v) is 1.71. The van der Waals surface area contributed by atoms with Crippen molar-refractivity contribution in [1.29, 1.82) is 0 Å². The van der Waals surface area contributed by atoms with Gasteiger partial charge in [-0.05, 0) is 31.0 Å². The lowest BCUT2D eigenvalue weighted by Crippen LogP contribution is -2.36. The van der Waals surface area contributed by atoms with E-state index < -0.39 is 11.7 Å². The van der Waals surface area contributed by atoms with Gasteiger partial charge in [-0.25, -0.2) is 9.45 Å². The number of hydrogen-bond acceptors (Lipinski definition) is 2. The number of rotatable bonds is 1. The van der Waals surface area contributed by atoms with Crippen molar-refractivity contribution in [2.45, 2.75) is 12.8 Å². The summed E-state index contributed by atoms with van der Waals surface area (Å²) in [7, 11) is 0. The molecule has 1 aliphatic rings. The molecular formula is C11H11ClFNO2. The Morgan fingerprint density at radius 3 is 2.88 bits per heavy atom. The Labute approximate surface area is 97.7 Å². The highest BCUT2D eigenvalue weighted by atomic mass is 35.5. The van der Waals surface area contributed by atoms with Crippen molar-refractivity contribution in [2.75, 3.05) is 13.2 Å². The first-order chi connectivity index (χ1) is 7.68. The van der Waals surface area contributed by atoms with E-state index in [9.17, 15) is 9.18 Å². The van der Waals surface area contributed by atoms with Gasteiger partial charge in [-0.1, -0.05) is 11.6 Å². The second-order valence-corrected chi connectivity index (χ2v) is 4.01. The van der Waals surface area contributed by atoms with E-state index in [1.807, 2.05) is 0 Å². The van der Waals surface area contributed by atoms with Gasteiger partial charge in [-0.15, -0.1) is 0 Å². The minimum atomic E-state index is -0.619. The number of hydroxylamine groups is 2. The van der Waals surface area contributed by atoms with Gasteiger partial charge >= 0.3 is 0 Å². The average molecular weight is 244 g/mol. The topological polar surface area (TPSA) is 29.5 Å². The van der Waals surface area contributed by atoms with Crippen LogP contribution in [0.1, 0.15) is 23.2 Å². The summed E-state index contributed by atoms with van der Waals surface area (Å²) in [5.41, 5.74) is -0.00806. The van der Waals surface area contributed by atoms with Gasteiger partial charge in [0, 0.05) is 11.6 Å². The molecule has 0 saturated carbocycles. The van der Waals surface area contributed by atoms with Crippen molar-refractivity contribution in [3.63, 3.8) is 0 Å². The first-order valence-electron chi connectivity index (χ1n) is 5.08. The van der Waals surface area contributed by atoms with Crippen LogP contribution in [0.4, 0.5) is 4.39 Å². The maximum atomic E-state index is 13.5. The van der Waals surface area contributed by atoms with Crippen molar-refractivity contribution in [2.24, 2.45) is 0 Å². The van der Waals surface area contributed by atoms with Crippen LogP contribution in [0.5, 0.6) is 0 Å². The Balaban J connectivity index is 2.19. The lowest BCUT2D eigenvalue weighted by Gasteiger charge is -2.25. The molecule has 0 aromatic heterocycles.